The van der Waals surface area contributed by atoms with Crippen LogP contribution in [-0.4, -0.2) is 39.2 Å². The summed E-state index contributed by atoms with van der Waals surface area (Å²) in [5.74, 6) is 3.36. The predicted molar refractivity (Wildman–Crippen MR) is 120 cm³/mol. The maximum atomic E-state index is 12.5. The van der Waals surface area contributed by atoms with Crippen molar-refractivity contribution in [2.24, 2.45) is 5.92 Å². The number of imidazole rings is 1. The van der Waals surface area contributed by atoms with E-state index in [-0.39, 0.29) is 5.91 Å². The van der Waals surface area contributed by atoms with E-state index in [0.29, 0.717) is 11.7 Å². The standard InChI is InChI=1S/C24H27N3OS/c28-23(19-29-18-21-7-3-1-4-8-21)26-14-11-20(12-15-26)17-27-16-13-25-24(27)22-9-5-2-6-10-22/h1-10,13,16,20H,11-12,14-15,17-19H2. The van der Waals surface area contributed by atoms with Crippen LogP contribution in [-0.2, 0) is 17.1 Å². The fourth-order valence-corrected chi connectivity index (χ4v) is 4.76. The van der Waals surface area contributed by atoms with Gasteiger partial charge >= 0.3 is 0 Å². The van der Waals surface area contributed by atoms with Crippen molar-refractivity contribution in [2.75, 3.05) is 18.8 Å². The number of piperidine rings is 1. The molecule has 5 heteroatoms. The van der Waals surface area contributed by atoms with Gasteiger partial charge in [0.05, 0.1) is 5.75 Å². The van der Waals surface area contributed by atoms with Gasteiger partial charge in [-0.3, -0.25) is 4.79 Å². The molecular formula is C24H27N3OS. The SMILES string of the molecule is O=C(CSCc1ccccc1)N1CCC(Cn2ccnc2-c2ccccc2)CC1. The van der Waals surface area contributed by atoms with E-state index in [2.05, 4.69) is 40.0 Å². The third-order valence-corrected chi connectivity index (χ3v) is 6.50. The van der Waals surface area contributed by atoms with Crippen LogP contribution >= 0.6 is 11.8 Å². The van der Waals surface area contributed by atoms with Gasteiger partial charge in [0.2, 0.25) is 5.91 Å². The number of likely N-dealkylation sites (tertiary alicyclic amines) is 1. The molecule has 2 heterocycles. The molecule has 1 aliphatic rings. The summed E-state index contributed by atoms with van der Waals surface area (Å²) in [6.45, 7) is 2.70. The van der Waals surface area contributed by atoms with Gasteiger partial charge in [-0.25, -0.2) is 4.98 Å². The quantitative estimate of drug-likeness (QED) is 0.571. The van der Waals surface area contributed by atoms with E-state index in [1.54, 1.807) is 11.8 Å². The van der Waals surface area contributed by atoms with Gasteiger partial charge in [0.15, 0.2) is 0 Å². The topological polar surface area (TPSA) is 38.1 Å². The van der Waals surface area contributed by atoms with Crippen molar-refractivity contribution in [3.05, 3.63) is 78.6 Å². The van der Waals surface area contributed by atoms with Crippen molar-refractivity contribution in [1.29, 1.82) is 0 Å². The van der Waals surface area contributed by atoms with Crippen molar-refractivity contribution in [1.82, 2.24) is 14.5 Å². The fraction of sp³-hybridized carbons (Fsp3) is 0.333. The second kappa shape index (κ2) is 9.79. The molecule has 0 saturated carbocycles. The van der Waals surface area contributed by atoms with Crippen LogP contribution in [0.1, 0.15) is 18.4 Å². The minimum Gasteiger partial charge on any atom is -0.342 e. The second-order valence-corrected chi connectivity index (χ2v) is 8.56. The molecule has 0 bridgehead atoms. The third-order valence-electron chi connectivity index (χ3n) is 5.51. The van der Waals surface area contributed by atoms with Gasteiger partial charge < -0.3 is 9.47 Å². The average molecular weight is 406 g/mol. The zero-order chi connectivity index (χ0) is 19.9. The Labute approximate surface area is 177 Å². The summed E-state index contributed by atoms with van der Waals surface area (Å²) in [7, 11) is 0. The largest absolute Gasteiger partial charge is 0.342 e. The number of amides is 1. The number of hydrogen-bond donors (Lipinski definition) is 0. The molecule has 1 amide bonds. The van der Waals surface area contributed by atoms with Gasteiger partial charge in [-0.15, -0.1) is 11.8 Å². The van der Waals surface area contributed by atoms with E-state index in [1.807, 2.05) is 47.5 Å². The first-order valence-corrected chi connectivity index (χ1v) is 11.4. The molecule has 3 aromatic rings. The number of nitrogens with zero attached hydrogens (tertiary/aromatic N) is 3. The monoisotopic (exact) mass is 405 g/mol. The number of carbonyl (C=O) groups is 1. The summed E-state index contributed by atoms with van der Waals surface area (Å²) in [4.78, 5) is 19.1. The fourth-order valence-electron chi connectivity index (χ4n) is 3.87. The van der Waals surface area contributed by atoms with Crippen LogP contribution in [0.3, 0.4) is 0 Å². The van der Waals surface area contributed by atoms with Crippen molar-refractivity contribution in [2.45, 2.75) is 25.1 Å². The smallest absolute Gasteiger partial charge is 0.232 e. The van der Waals surface area contributed by atoms with Crippen molar-refractivity contribution in [3.8, 4) is 11.4 Å². The van der Waals surface area contributed by atoms with Crippen molar-refractivity contribution >= 4 is 17.7 Å². The lowest BCUT2D eigenvalue weighted by Crippen LogP contribution is -2.40. The first-order chi connectivity index (χ1) is 14.3. The van der Waals surface area contributed by atoms with Crippen molar-refractivity contribution < 1.29 is 4.79 Å². The zero-order valence-electron chi connectivity index (χ0n) is 16.6. The Balaban J connectivity index is 1.24. The Morgan fingerprint density at radius 3 is 2.41 bits per heavy atom. The number of thioether (sulfide) groups is 1. The second-order valence-electron chi connectivity index (χ2n) is 7.57. The maximum Gasteiger partial charge on any atom is 0.232 e. The van der Waals surface area contributed by atoms with E-state index in [4.69, 9.17) is 0 Å². The molecule has 0 atom stereocenters. The molecule has 1 saturated heterocycles. The van der Waals surface area contributed by atoms with E-state index in [0.717, 1.165) is 49.6 Å². The molecular weight excluding hydrogens is 378 g/mol. The van der Waals surface area contributed by atoms with Crippen LogP contribution in [0.4, 0.5) is 0 Å². The van der Waals surface area contributed by atoms with Gasteiger partial charge in [0, 0.05) is 43.3 Å². The van der Waals surface area contributed by atoms with Crippen LogP contribution in [0.2, 0.25) is 0 Å². The molecule has 1 fully saturated rings. The molecule has 2 aromatic carbocycles. The Bertz CT molecular complexity index is 902. The number of aromatic nitrogens is 2. The lowest BCUT2D eigenvalue weighted by Gasteiger charge is -2.32. The summed E-state index contributed by atoms with van der Waals surface area (Å²) in [5, 5.41) is 0. The molecule has 0 radical (unpaired) electrons. The van der Waals surface area contributed by atoms with Gasteiger partial charge in [-0.2, -0.15) is 0 Å². The van der Waals surface area contributed by atoms with Crippen LogP contribution in [0.5, 0.6) is 0 Å². The van der Waals surface area contributed by atoms with Gasteiger partial charge in [0.1, 0.15) is 5.82 Å². The summed E-state index contributed by atoms with van der Waals surface area (Å²) in [6.07, 6.45) is 6.06. The van der Waals surface area contributed by atoms with Crippen LogP contribution in [0, 0.1) is 5.92 Å². The first-order valence-electron chi connectivity index (χ1n) is 10.3. The summed E-state index contributed by atoms with van der Waals surface area (Å²) < 4.78 is 2.26. The summed E-state index contributed by atoms with van der Waals surface area (Å²) in [6, 6.07) is 20.7. The lowest BCUT2D eigenvalue weighted by molar-refractivity contribution is -0.129. The lowest BCUT2D eigenvalue weighted by atomic mass is 9.96. The molecule has 0 unspecified atom stereocenters. The first kappa shape index (κ1) is 19.8. The molecule has 0 spiro atoms. The van der Waals surface area contributed by atoms with E-state index in [1.165, 1.54) is 5.56 Å². The minimum absolute atomic E-state index is 0.275. The minimum atomic E-state index is 0.275. The predicted octanol–water partition coefficient (Wildman–Crippen LogP) is 4.72. The third kappa shape index (κ3) is 5.30. The van der Waals surface area contributed by atoms with E-state index < -0.39 is 0 Å². The highest BCUT2D eigenvalue weighted by atomic mass is 32.2. The van der Waals surface area contributed by atoms with E-state index in [9.17, 15) is 4.79 Å². The summed E-state index contributed by atoms with van der Waals surface area (Å²) >= 11 is 1.71. The van der Waals surface area contributed by atoms with Crippen LogP contribution < -0.4 is 0 Å². The molecule has 29 heavy (non-hydrogen) atoms. The molecule has 150 valence electrons. The molecule has 1 aliphatic heterocycles. The van der Waals surface area contributed by atoms with Gasteiger partial charge in [0.25, 0.3) is 0 Å². The van der Waals surface area contributed by atoms with Gasteiger partial charge in [-0.1, -0.05) is 60.7 Å². The molecule has 0 N–H and O–H groups in total. The Kier molecular flexibility index (Phi) is 6.67. The number of benzene rings is 2. The number of rotatable bonds is 7. The number of carbonyl (C=O) groups excluding carboxylic acids is 1. The highest BCUT2D eigenvalue weighted by Gasteiger charge is 2.23. The van der Waals surface area contributed by atoms with Gasteiger partial charge in [-0.05, 0) is 24.3 Å². The van der Waals surface area contributed by atoms with Crippen LogP contribution in [0.25, 0.3) is 11.4 Å². The normalized spacial score (nSPS) is 14.8. The molecule has 4 nitrogen and oxygen atoms in total. The number of hydrogen-bond acceptors (Lipinski definition) is 3. The Morgan fingerprint density at radius 2 is 1.69 bits per heavy atom. The summed E-state index contributed by atoms with van der Waals surface area (Å²) in [5.41, 5.74) is 2.43. The highest BCUT2D eigenvalue weighted by Crippen LogP contribution is 2.24. The average Bonchev–Trinajstić information content (AvgIpc) is 3.24. The Hall–Kier alpha value is -2.53. The Morgan fingerprint density at radius 1 is 1.00 bits per heavy atom. The maximum absolute atomic E-state index is 12.5. The molecule has 1 aromatic heterocycles. The van der Waals surface area contributed by atoms with Crippen molar-refractivity contribution in [3.63, 3.8) is 0 Å². The zero-order valence-corrected chi connectivity index (χ0v) is 17.4. The molecule has 4 rings (SSSR count). The van der Waals surface area contributed by atoms with E-state index >= 15 is 0 Å². The highest BCUT2D eigenvalue weighted by molar-refractivity contribution is 7.99. The van der Waals surface area contributed by atoms with Crippen LogP contribution in [0.15, 0.2) is 73.1 Å². The molecule has 0 aliphatic carbocycles.